The Morgan fingerprint density at radius 3 is 2.46 bits per heavy atom. The second-order valence-electron chi connectivity index (χ2n) is 6.48. The van der Waals surface area contributed by atoms with Gasteiger partial charge < -0.3 is 15.1 Å². The van der Waals surface area contributed by atoms with Gasteiger partial charge in [-0.1, -0.05) is 6.92 Å². The van der Waals surface area contributed by atoms with E-state index in [-0.39, 0.29) is 17.8 Å². The number of rotatable bonds is 5. The van der Waals surface area contributed by atoms with E-state index in [4.69, 9.17) is 0 Å². The molecular formula is C19H24FN5O. The van der Waals surface area contributed by atoms with Gasteiger partial charge in [-0.25, -0.2) is 14.4 Å². The van der Waals surface area contributed by atoms with E-state index in [0.29, 0.717) is 11.6 Å². The van der Waals surface area contributed by atoms with Crippen LogP contribution in [0.15, 0.2) is 36.5 Å². The van der Waals surface area contributed by atoms with Crippen LogP contribution in [-0.4, -0.2) is 48.1 Å². The summed E-state index contributed by atoms with van der Waals surface area (Å²) >= 11 is 0. The number of nitrogens with zero attached hydrogens (tertiary/aromatic N) is 4. The van der Waals surface area contributed by atoms with Gasteiger partial charge in [0.25, 0.3) is 5.91 Å². The molecule has 0 radical (unpaired) electrons. The normalized spacial score (nSPS) is 15.7. The highest BCUT2D eigenvalue weighted by atomic mass is 19.1. The van der Waals surface area contributed by atoms with Gasteiger partial charge in [0.15, 0.2) is 0 Å². The summed E-state index contributed by atoms with van der Waals surface area (Å²) in [6.07, 6.45) is 2.50. The summed E-state index contributed by atoms with van der Waals surface area (Å²) in [7, 11) is 0. The number of nitrogens with one attached hydrogen (secondary N) is 1. The van der Waals surface area contributed by atoms with Crippen LogP contribution in [0.5, 0.6) is 0 Å². The van der Waals surface area contributed by atoms with Crippen molar-refractivity contribution in [3.8, 4) is 0 Å². The second-order valence-corrected chi connectivity index (χ2v) is 6.48. The van der Waals surface area contributed by atoms with Gasteiger partial charge in [0.05, 0.1) is 0 Å². The Kier molecular flexibility index (Phi) is 5.65. The van der Waals surface area contributed by atoms with E-state index in [1.165, 1.54) is 12.1 Å². The van der Waals surface area contributed by atoms with Crippen LogP contribution in [0.25, 0.3) is 0 Å². The highest BCUT2D eigenvalue weighted by Crippen LogP contribution is 2.19. The van der Waals surface area contributed by atoms with E-state index in [2.05, 4.69) is 25.1 Å². The van der Waals surface area contributed by atoms with Gasteiger partial charge in [-0.05, 0) is 43.7 Å². The van der Waals surface area contributed by atoms with E-state index >= 15 is 0 Å². The molecular weight excluding hydrogens is 333 g/mol. The summed E-state index contributed by atoms with van der Waals surface area (Å²) in [5, 5.41) is 2.92. The van der Waals surface area contributed by atoms with Crippen molar-refractivity contribution in [1.82, 2.24) is 15.3 Å². The van der Waals surface area contributed by atoms with Gasteiger partial charge in [-0.2, -0.15) is 0 Å². The van der Waals surface area contributed by atoms with Crippen LogP contribution in [0.1, 0.15) is 30.8 Å². The molecule has 1 aromatic carbocycles. The molecule has 26 heavy (non-hydrogen) atoms. The largest absolute Gasteiger partial charge is 0.368 e. The molecule has 1 unspecified atom stereocenters. The number of hydrogen-bond donors (Lipinski definition) is 1. The zero-order valence-corrected chi connectivity index (χ0v) is 15.2. The third-order valence-corrected chi connectivity index (χ3v) is 4.62. The Bertz CT molecular complexity index is 744. The molecule has 0 bridgehead atoms. The van der Waals surface area contributed by atoms with Crippen LogP contribution in [0, 0.1) is 5.82 Å². The van der Waals surface area contributed by atoms with Crippen molar-refractivity contribution in [2.24, 2.45) is 0 Å². The monoisotopic (exact) mass is 357 g/mol. The van der Waals surface area contributed by atoms with Crippen molar-refractivity contribution in [2.45, 2.75) is 26.3 Å². The smallest absolute Gasteiger partial charge is 0.270 e. The van der Waals surface area contributed by atoms with E-state index in [1.807, 2.05) is 13.8 Å². The summed E-state index contributed by atoms with van der Waals surface area (Å²) < 4.78 is 13.1. The number of carbonyl (C=O) groups excluding carboxylic acids is 1. The first-order chi connectivity index (χ1) is 12.6. The quantitative estimate of drug-likeness (QED) is 0.891. The van der Waals surface area contributed by atoms with E-state index < -0.39 is 0 Å². The van der Waals surface area contributed by atoms with E-state index in [0.717, 1.165) is 38.3 Å². The molecule has 2 aromatic rings. The highest BCUT2D eigenvalue weighted by Gasteiger charge is 2.20. The molecule has 1 amide bonds. The van der Waals surface area contributed by atoms with Gasteiger partial charge in [0, 0.05) is 44.1 Å². The highest BCUT2D eigenvalue weighted by molar-refractivity contribution is 5.92. The number of halogens is 1. The standard InChI is InChI=1S/C19H24FN5O/c1-3-14(2)22-18(26)17-8-9-21-19(23-17)25-12-10-24(11-13-25)16-6-4-15(20)5-7-16/h4-9,14H,3,10-13H2,1-2H3,(H,22,26). The molecule has 1 atom stereocenters. The Balaban J connectivity index is 1.63. The molecule has 6 nitrogen and oxygen atoms in total. The Morgan fingerprint density at radius 2 is 1.81 bits per heavy atom. The Labute approximate surface area is 153 Å². The average molecular weight is 357 g/mol. The fourth-order valence-electron chi connectivity index (χ4n) is 2.84. The maximum atomic E-state index is 13.1. The van der Waals surface area contributed by atoms with Crippen LogP contribution in [0.4, 0.5) is 16.0 Å². The molecule has 3 rings (SSSR count). The number of carbonyl (C=O) groups is 1. The van der Waals surface area contributed by atoms with Crippen LogP contribution in [0.3, 0.4) is 0 Å². The fraction of sp³-hybridized carbons (Fsp3) is 0.421. The van der Waals surface area contributed by atoms with Gasteiger partial charge in [0.1, 0.15) is 11.5 Å². The summed E-state index contributed by atoms with van der Waals surface area (Å²) in [5.74, 6) is 0.168. The minimum Gasteiger partial charge on any atom is -0.368 e. The average Bonchev–Trinajstić information content (AvgIpc) is 2.68. The lowest BCUT2D eigenvalue weighted by atomic mass is 10.2. The zero-order valence-electron chi connectivity index (χ0n) is 15.2. The lowest BCUT2D eigenvalue weighted by molar-refractivity contribution is 0.0934. The van der Waals surface area contributed by atoms with Crippen molar-refractivity contribution in [3.05, 3.63) is 48.0 Å². The molecule has 0 saturated carbocycles. The number of anilines is 2. The molecule has 0 spiro atoms. The first-order valence-electron chi connectivity index (χ1n) is 8.96. The molecule has 7 heteroatoms. The summed E-state index contributed by atoms with van der Waals surface area (Å²) in [4.78, 5) is 25.3. The summed E-state index contributed by atoms with van der Waals surface area (Å²) in [5.41, 5.74) is 1.39. The van der Waals surface area contributed by atoms with E-state index in [1.54, 1.807) is 24.4 Å². The maximum absolute atomic E-state index is 13.1. The van der Waals surface area contributed by atoms with Crippen molar-refractivity contribution in [1.29, 1.82) is 0 Å². The Hall–Kier alpha value is -2.70. The summed E-state index contributed by atoms with van der Waals surface area (Å²) in [6.45, 7) is 7.06. The number of benzene rings is 1. The topological polar surface area (TPSA) is 61.4 Å². The first kappa shape index (κ1) is 18.1. The van der Waals surface area contributed by atoms with Crippen LogP contribution >= 0.6 is 0 Å². The molecule has 1 fully saturated rings. The minimum atomic E-state index is -0.228. The SMILES string of the molecule is CCC(C)NC(=O)c1ccnc(N2CCN(c3ccc(F)cc3)CC2)n1. The van der Waals surface area contributed by atoms with Gasteiger partial charge in [-0.3, -0.25) is 4.79 Å². The number of hydrogen-bond acceptors (Lipinski definition) is 5. The predicted octanol–water partition coefficient (Wildman–Crippen LogP) is 2.47. The fourth-order valence-corrected chi connectivity index (χ4v) is 2.84. The van der Waals surface area contributed by atoms with Crippen molar-refractivity contribution in [2.75, 3.05) is 36.0 Å². The molecule has 0 aliphatic carbocycles. The molecule has 2 heterocycles. The molecule has 1 aliphatic rings. The predicted molar refractivity (Wildman–Crippen MR) is 100 cm³/mol. The lowest BCUT2D eigenvalue weighted by Crippen LogP contribution is -2.47. The molecule has 1 aromatic heterocycles. The van der Waals surface area contributed by atoms with Crippen LogP contribution in [-0.2, 0) is 0 Å². The van der Waals surface area contributed by atoms with E-state index in [9.17, 15) is 9.18 Å². The number of piperazine rings is 1. The minimum absolute atomic E-state index is 0.111. The van der Waals surface area contributed by atoms with Gasteiger partial charge in [-0.15, -0.1) is 0 Å². The number of aromatic nitrogens is 2. The molecule has 1 aliphatic heterocycles. The summed E-state index contributed by atoms with van der Waals surface area (Å²) in [6, 6.07) is 8.28. The Morgan fingerprint density at radius 1 is 1.15 bits per heavy atom. The van der Waals surface area contributed by atoms with Crippen LogP contribution in [0.2, 0.25) is 0 Å². The molecule has 1 saturated heterocycles. The van der Waals surface area contributed by atoms with Crippen molar-refractivity contribution in [3.63, 3.8) is 0 Å². The third kappa shape index (κ3) is 4.28. The second kappa shape index (κ2) is 8.12. The molecule has 138 valence electrons. The van der Waals surface area contributed by atoms with Gasteiger partial charge >= 0.3 is 0 Å². The van der Waals surface area contributed by atoms with Crippen molar-refractivity contribution >= 4 is 17.5 Å². The van der Waals surface area contributed by atoms with Gasteiger partial charge in [0.2, 0.25) is 5.95 Å². The van der Waals surface area contributed by atoms with Crippen molar-refractivity contribution < 1.29 is 9.18 Å². The third-order valence-electron chi connectivity index (χ3n) is 4.62. The molecule has 1 N–H and O–H groups in total. The first-order valence-corrected chi connectivity index (χ1v) is 8.96. The number of amides is 1. The zero-order chi connectivity index (χ0) is 18.5. The van der Waals surface area contributed by atoms with Crippen LogP contribution < -0.4 is 15.1 Å². The maximum Gasteiger partial charge on any atom is 0.270 e. The lowest BCUT2D eigenvalue weighted by Gasteiger charge is -2.36.